The SMILES string of the molecule is Cn1cnnc1CCNCc1cc(Br)ccc1OC(F)F. The zero-order valence-electron chi connectivity index (χ0n) is 11.4. The van der Waals surface area contributed by atoms with Crippen LogP contribution in [0.3, 0.4) is 0 Å². The summed E-state index contributed by atoms with van der Waals surface area (Å²) in [4.78, 5) is 0. The van der Waals surface area contributed by atoms with Gasteiger partial charge < -0.3 is 14.6 Å². The Kier molecular flexibility index (Phi) is 5.63. The van der Waals surface area contributed by atoms with Gasteiger partial charge in [-0.05, 0) is 18.2 Å². The van der Waals surface area contributed by atoms with Gasteiger partial charge in [0, 0.05) is 36.6 Å². The van der Waals surface area contributed by atoms with Gasteiger partial charge in [0.25, 0.3) is 0 Å². The third kappa shape index (κ3) is 4.75. The van der Waals surface area contributed by atoms with E-state index in [1.54, 1.807) is 18.5 Å². The van der Waals surface area contributed by atoms with Gasteiger partial charge in [-0.15, -0.1) is 10.2 Å². The molecule has 0 bridgehead atoms. The molecule has 0 spiro atoms. The second kappa shape index (κ2) is 7.46. The predicted octanol–water partition coefficient (Wildman–Crippen LogP) is 2.51. The van der Waals surface area contributed by atoms with E-state index in [0.717, 1.165) is 10.3 Å². The minimum absolute atomic E-state index is 0.180. The summed E-state index contributed by atoms with van der Waals surface area (Å²) in [6.07, 6.45) is 2.34. The van der Waals surface area contributed by atoms with Crippen LogP contribution in [0, 0.1) is 0 Å². The largest absolute Gasteiger partial charge is 0.434 e. The standard InChI is InChI=1S/C13H15BrF2N4O/c1-20-8-18-19-12(20)4-5-17-7-9-6-10(14)2-3-11(9)21-13(15)16/h2-3,6,8,13,17H,4-5,7H2,1H3. The molecule has 5 nitrogen and oxygen atoms in total. The molecule has 0 radical (unpaired) electrons. The smallest absolute Gasteiger partial charge is 0.387 e. The molecule has 0 saturated heterocycles. The normalized spacial score (nSPS) is 11.1. The Morgan fingerprint density at radius 3 is 2.90 bits per heavy atom. The summed E-state index contributed by atoms with van der Waals surface area (Å²) in [7, 11) is 1.87. The quantitative estimate of drug-likeness (QED) is 0.770. The van der Waals surface area contributed by atoms with Crippen LogP contribution in [-0.4, -0.2) is 27.9 Å². The molecule has 2 aromatic rings. The molecule has 0 unspecified atom stereocenters. The summed E-state index contributed by atoms with van der Waals surface area (Å²) >= 11 is 3.32. The van der Waals surface area contributed by atoms with Gasteiger partial charge in [-0.25, -0.2) is 0 Å². The second-order valence-electron chi connectivity index (χ2n) is 4.42. The minimum Gasteiger partial charge on any atom is -0.434 e. The molecule has 0 aliphatic rings. The highest BCUT2D eigenvalue weighted by molar-refractivity contribution is 9.10. The lowest BCUT2D eigenvalue weighted by Gasteiger charge is -2.12. The fourth-order valence-electron chi connectivity index (χ4n) is 1.85. The van der Waals surface area contributed by atoms with Crippen molar-refractivity contribution in [2.45, 2.75) is 19.6 Å². The molecule has 0 atom stereocenters. The van der Waals surface area contributed by atoms with E-state index in [4.69, 9.17) is 0 Å². The average Bonchev–Trinajstić information content (AvgIpc) is 2.83. The summed E-state index contributed by atoms with van der Waals surface area (Å²) in [5.41, 5.74) is 0.669. The number of rotatable bonds is 7. The number of halogens is 3. The third-order valence-electron chi connectivity index (χ3n) is 2.88. The van der Waals surface area contributed by atoms with Crippen LogP contribution in [0.4, 0.5) is 8.78 Å². The second-order valence-corrected chi connectivity index (χ2v) is 5.33. The molecule has 1 N–H and O–H groups in total. The summed E-state index contributed by atoms with van der Waals surface area (Å²) < 4.78 is 31.8. The van der Waals surface area contributed by atoms with Gasteiger partial charge in [0.15, 0.2) is 0 Å². The van der Waals surface area contributed by atoms with Crippen molar-refractivity contribution in [1.82, 2.24) is 20.1 Å². The number of alkyl halides is 2. The van der Waals surface area contributed by atoms with Crippen molar-refractivity contribution in [3.05, 3.63) is 40.4 Å². The molecule has 0 aliphatic heterocycles. The molecule has 1 aromatic carbocycles. The van der Waals surface area contributed by atoms with Gasteiger partial charge in [0.05, 0.1) is 0 Å². The Balaban J connectivity index is 1.90. The lowest BCUT2D eigenvalue weighted by atomic mass is 10.2. The predicted molar refractivity (Wildman–Crippen MR) is 77.2 cm³/mol. The maximum atomic E-state index is 12.3. The highest BCUT2D eigenvalue weighted by atomic mass is 79.9. The zero-order valence-corrected chi connectivity index (χ0v) is 13.0. The highest BCUT2D eigenvalue weighted by Crippen LogP contribution is 2.24. The first-order valence-electron chi connectivity index (χ1n) is 6.33. The summed E-state index contributed by atoms with van der Waals surface area (Å²) in [6.45, 7) is -1.74. The first-order valence-corrected chi connectivity index (χ1v) is 7.12. The van der Waals surface area contributed by atoms with Crippen molar-refractivity contribution < 1.29 is 13.5 Å². The number of ether oxygens (including phenoxy) is 1. The molecule has 1 aromatic heterocycles. The van der Waals surface area contributed by atoms with Gasteiger partial charge >= 0.3 is 6.61 Å². The van der Waals surface area contributed by atoms with E-state index < -0.39 is 6.61 Å². The van der Waals surface area contributed by atoms with Crippen molar-refractivity contribution in [2.75, 3.05) is 6.54 Å². The van der Waals surface area contributed by atoms with E-state index in [9.17, 15) is 8.78 Å². The number of aromatic nitrogens is 3. The molecule has 0 aliphatic carbocycles. The summed E-state index contributed by atoms with van der Waals surface area (Å²) in [5.74, 6) is 1.04. The van der Waals surface area contributed by atoms with E-state index in [1.165, 1.54) is 6.07 Å². The molecule has 1 heterocycles. The summed E-state index contributed by atoms with van der Waals surface area (Å²) in [5, 5.41) is 10.9. The van der Waals surface area contributed by atoms with Crippen molar-refractivity contribution in [3.63, 3.8) is 0 Å². The van der Waals surface area contributed by atoms with Crippen LogP contribution >= 0.6 is 15.9 Å². The van der Waals surface area contributed by atoms with Gasteiger partial charge in [-0.1, -0.05) is 15.9 Å². The van der Waals surface area contributed by atoms with Crippen LogP contribution < -0.4 is 10.1 Å². The van der Waals surface area contributed by atoms with E-state index in [0.29, 0.717) is 25.1 Å². The Bertz CT molecular complexity index is 591. The first-order chi connectivity index (χ1) is 10.1. The van der Waals surface area contributed by atoms with Crippen LogP contribution in [0.1, 0.15) is 11.4 Å². The number of benzene rings is 1. The molecule has 8 heteroatoms. The van der Waals surface area contributed by atoms with E-state index in [2.05, 4.69) is 36.2 Å². The lowest BCUT2D eigenvalue weighted by molar-refractivity contribution is -0.0505. The molecule has 2 rings (SSSR count). The van der Waals surface area contributed by atoms with Crippen molar-refractivity contribution in [1.29, 1.82) is 0 Å². The van der Waals surface area contributed by atoms with Crippen molar-refractivity contribution >= 4 is 15.9 Å². The molecular weight excluding hydrogens is 346 g/mol. The highest BCUT2D eigenvalue weighted by Gasteiger charge is 2.10. The Hall–Kier alpha value is -1.54. The van der Waals surface area contributed by atoms with Crippen molar-refractivity contribution in [2.24, 2.45) is 7.05 Å². The fraction of sp³-hybridized carbons (Fsp3) is 0.385. The van der Waals surface area contributed by atoms with Crippen LogP contribution in [0.25, 0.3) is 0 Å². The Labute approximate surface area is 129 Å². The third-order valence-corrected chi connectivity index (χ3v) is 3.38. The zero-order chi connectivity index (χ0) is 15.2. The van der Waals surface area contributed by atoms with Gasteiger partial charge in [0.1, 0.15) is 17.9 Å². The number of hydrogen-bond acceptors (Lipinski definition) is 4. The number of aryl methyl sites for hydroxylation is 1. The number of nitrogens with one attached hydrogen (secondary N) is 1. The molecule has 0 fully saturated rings. The van der Waals surface area contributed by atoms with Gasteiger partial charge in [-0.2, -0.15) is 8.78 Å². The minimum atomic E-state index is -2.83. The average molecular weight is 361 g/mol. The van der Waals surface area contributed by atoms with Crippen molar-refractivity contribution in [3.8, 4) is 5.75 Å². The van der Waals surface area contributed by atoms with Crippen LogP contribution in [0.5, 0.6) is 5.75 Å². The van der Waals surface area contributed by atoms with Crippen LogP contribution in [0.15, 0.2) is 29.0 Å². The van der Waals surface area contributed by atoms with Crippen LogP contribution in [0.2, 0.25) is 0 Å². The molecule has 0 saturated carbocycles. The number of nitrogens with zero attached hydrogens (tertiary/aromatic N) is 3. The number of hydrogen-bond donors (Lipinski definition) is 1. The topological polar surface area (TPSA) is 52.0 Å². The van der Waals surface area contributed by atoms with E-state index >= 15 is 0 Å². The molecule has 21 heavy (non-hydrogen) atoms. The van der Waals surface area contributed by atoms with Crippen LogP contribution in [-0.2, 0) is 20.0 Å². The molecule has 114 valence electrons. The Morgan fingerprint density at radius 1 is 1.43 bits per heavy atom. The monoisotopic (exact) mass is 360 g/mol. The Morgan fingerprint density at radius 2 is 2.24 bits per heavy atom. The lowest BCUT2D eigenvalue weighted by Crippen LogP contribution is -2.19. The van der Waals surface area contributed by atoms with Gasteiger partial charge in [0.2, 0.25) is 0 Å². The molecule has 0 amide bonds. The van der Waals surface area contributed by atoms with E-state index in [-0.39, 0.29) is 5.75 Å². The van der Waals surface area contributed by atoms with Gasteiger partial charge in [-0.3, -0.25) is 0 Å². The molecular formula is C13H15BrF2N4O. The first kappa shape index (κ1) is 15.8. The summed E-state index contributed by atoms with van der Waals surface area (Å²) in [6, 6.07) is 4.95. The maximum absolute atomic E-state index is 12.3. The maximum Gasteiger partial charge on any atom is 0.387 e. The fourth-order valence-corrected chi connectivity index (χ4v) is 2.26. The van der Waals surface area contributed by atoms with E-state index in [1.807, 2.05) is 11.6 Å².